The van der Waals surface area contributed by atoms with Gasteiger partial charge < -0.3 is 15.0 Å². The highest BCUT2D eigenvalue weighted by Crippen LogP contribution is 2.38. The van der Waals surface area contributed by atoms with E-state index in [1.165, 1.54) is 0 Å². The van der Waals surface area contributed by atoms with Crippen LogP contribution in [0.25, 0.3) is 0 Å². The van der Waals surface area contributed by atoms with Crippen molar-refractivity contribution in [2.45, 2.75) is 13.3 Å². The molecule has 0 aromatic heterocycles. The van der Waals surface area contributed by atoms with Gasteiger partial charge in [-0.05, 0) is 44.6 Å². The van der Waals surface area contributed by atoms with E-state index in [0.717, 1.165) is 18.7 Å². The van der Waals surface area contributed by atoms with Crippen LogP contribution in [0.4, 0.5) is 5.69 Å². The molecule has 2 unspecified atom stereocenters. The SMILES string of the molecule is CC1CC1C(=O)Nc1ccc(OCCN(C)C)c(Cl)c1. The lowest BCUT2D eigenvalue weighted by Gasteiger charge is -2.13. The first-order valence-corrected chi connectivity index (χ1v) is 7.23. The lowest BCUT2D eigenvalue weighted by atomic mass is 10.2. The van der Waals surface area contributed by atoms with Crippen LogP contribution in [0, 0.1) is 11.8 Å². The molecule has 2 rings (SSSR count). The lowest BCUT2D eigenvalue weighted by Crippen LogP contribution is -2.19. The first kappa shape index (κ1) is 15.1. The Labute approximate surface area is 125 Å². The van der Waals surface area contributed by atoms with E-state index in [4.69, 9.17) is 16.3 Å². The van der Waals surface area contributed by atoms with Gasteiger partial charge in [0.1, 0.15) is 12.4 Å². The standard InChI is InChI=1S/C15H21ClN2O2/c1-10-8-12(10)15(19)17-11-4-5-14(13(16)9-11)20-7-6-18(2)3/h4-5,9-10,12H,6-8H2,1-3H3,(H,17,19). The van der Waals surface area contributed by atoms with E-state index in [-0.39, 0.29) is 11.8 Å². The van der Waals surface area contributed by atoms with Gasteiger partial charge in [0.05, 0.1) is 5.02 Å². The van der Waals surface area contributed by atoms with Gasteiger partial charge in [0.15, 0.2) is 0 Å². The van der Waals surface area contributed by atoms with Crippen molar-refractivity contribution in [1.82, 2.24) is 4.90 Å². The molecule has 5 heteroatoms. The van der Waals surface area contributed by atoms with Crippen molar-refractivity contribution in [1.29, 1.82) is 0 Å². The topological polar surface area (TPSA) is 41.6 Å². The zero-order valence-electron chi connectivity index (χ0n) is 12.1. The molecule has 0 heterocycles. The van der Waals surface area contributed by atoms with Crippen molar-refractivity contribution in [2.75, 3.05) is 32.6 Å². The van der Waals surface area contributed by atoms with Crippen LogP contribution >= 0.6 is 11.6 Å². The average Bonchev–Trinajstić information content (AvgIpc) is 3.09. The number of amides is 1. The number of nitrogens with zero attached hydrogens (tertiary/aromatic N) is 1. The summed E-state index contributed by atoms with van der Waals surface area (Å²) >= 11 is 6.16. The molecule has 110 valence electrons. The van der Waals surface area contributed by atoms with Crippen molar-refractivity contribution >= 4 is 23.2 Å². The average molecular weight is 297 g/mol. The molecular weight excluding hydrogens is 276 g/mol. The van der Waals surface area contributed by atoms with E-state index in [1.54, 1.807) is 12.1 Å². The summed E-state index contributed by atoms with van der Waals surface area (Å²) in [6, 6.07) is 5.35. The van der Waals surface area contributed by atoms with Crippen molar-refractivity contribution in [2.24, 2.45) is 11.8 Å². The smallest absolute Gasteiger partial charge is 0.227 e. The molecular formula is C15H21ClN2O2. The third-order valence-corrected chi connectivity index (χ3v) is 3.74. The molecule has 0 radical (unpaired) electrons. The summed E-state index contributed by atoms with van der Waals surface area (Å²) in [5.74, 6) is 1.38. The highest BCUT2D eigenvalue weighted by atomic mass is 35.5. The second kappa shape index (κ2) is 6.46. The molecule has 1 aromatic carbocycles. The van der Waals surface area contributed by atoms with Crippen molar-refractivity contribution in [3.05, 3.63) is 23.2 Å². The summed E-state index contributed by atoms with van der Waals surface area (Å²) in [6.45, 7) is 3.49. The molecule has 1 aliphatic carbocycles. The van der Waals surface area contributed by atoms with Gasteiger partial charge in [0, 0.05) is 18.2 Å². The van der Waals surface area contributed by atoms with Gasteiger partial charge in [-0.3, -0.25) is 4.79 Å². The van der Waals surface area contributed by atoms with E-state index in [0.29, 0.717) is 23.3 Å². The van der Waals surface area contributed by atoms with Gasteiger partial charge in [-0.1, -0.05) is 18.5 Å². The highest BCUT2D eigenvalue weighted by molar-refractivity contribution is 6.32. The fourth-order valence-corrected chi connectivity index (χ4v) is 2.19. The number of hydrogen-bond acceptors (Lipinski definition) is 3. The van der Waals surface area contributed by atoms with Gasteiger partial charge in [0.25, 0.3) is 0 Å². The monoisotopic (exact) mass is 296 g/mol. The molecule has 1 saturated carbocycles. The van der Waals surface area contributed by atoms with E-state index in [9.17, 15) is 4.79 Å². The molecule has 1 aromatic rings. The van der Waals surface area contributed by atoms with Gasteiger partial charge >= 0.3 is 0 Å². The van der Waals surface area contributed by atoms with Crippen LogP contribution in [0.5, 0.6) is 5.75 Å². The summed E-state index contributed by atoms with van der Waals surface area (Å²) in [5.41, 5.74) is 0.721. The highest BCUT2D eigenvalue weighted by Gasteiger charge is 2.39. The summed E-state index contributed by atoms with van der Waals surface area (Å²) in [6.07, 6.45) is 0.977. The van der Waals surface area contributed by atoms with Crippen LogP contribution in [0.2, 0.25) is 5.02 Å². The van der Waals surface area contributed by atoms with Crippen LogP contribution < -0.4 is 10.1 Å². The van der Waals surface area contributed by atoms with Crippen LogP contribution in [0.15, 0.2) is 18.2 Å². The van der Waals surface area contributed by atoms with Crippen molar-refractivity contribution in [3.63, 3.8) is 0 Å². The fourth-order valence-electron chi connectivity index (χ4n) is 1.96. The molecule has 0 bridgehead atoms. The molecule has 2 atom stereocenters. The number of anilines is 1. The molecule has 0 saturated heterocycles. The largest absolute Gasteiger partial charge is 0.491 e. The first-order valence-electron chi connectivity index (χ1n) is 6.85. The van der Waals surface area contributed by atoms with E-state index >= 15 is 0 Å². The van der Waals surface area contributed by atoms with E-state index in [2.05, 4.69) is 12.2 Å². The van der Waals surface area contributed by atoms with Crippen LogP contribution in [0.3, 0.4) is 0 Å². The Morgan fingerprint density at radius 2 is 2.20 bits per heavy atom. The molecule has 0 spiro atoms. The Balaban J connectivity index is 1.90. The zero-order chi connectivity index (χ0) is 14.7. The number of benzene rings is 1. The maximum atomic E-state index is 11.8. The summed E-state index contributed by atoms with van der Waals surface area (Å²) in [5, 5.41) is 3.41. The maximum absolute atomic E-state index is 11.8. The number of carbonyl (C=O) groups is 1. The van der Waals surface area contributed by atoms with Crippen molar-refractivity contribution in [3.8, 4) is 5.75 Å². The number of rotatable bonds is 6. The molecule has 1 amide bonds. The van der Waals surface area contributed by atoms with Gasteiger partial charge in [0.2, 0.25) is 5.91 Å². The fraction of sp³-hybridized carbons (Fsp3) is 0.533. The number of halogens is 1. The summed E-state index contributed by atoms with van der Waals surface area (Å²) in [4.78, 5) is 13.9. The molecule has 1 fully saturated rings. The van der Waals surface area contributed by atoms with Gasteiger partial charge in [-0.25, -0.2) is 0 Å². The summed E-state index contributed by atoms with van der Waals surface area (Å²) in [7, 11) is 3.98. The molecule has 0 aliphatic heterocycles. The third-order valence-electron chi connectivity index (χ3n) is 3.44. The third kappa shape index (κ3) is 4.12. The Bertz CT molecular complexity index is 491. The van der Waals surface area contributed by atoms with Crippen LogP contribution in [-0.2, 0) is 4.79 Å². The first-order chi connectivity index (χ1) is 9.47. The van der Waals surface area contributed by atoms with E-state index in [1.807, 2.05) is 25.1 Å². The van der Waals surface area contributed by atoms with E-state index < -0.39 is 0 Å². The number of nitrogens with one attached hydrogen (secondary N) is 1. The summed E-state index contributed by atoms with van der Waals surface area (Å²) < 4.78 is 5.60. The van der Waals surface area contributed by atoms with Crippen molar-refractivity contribution < 1.29 is 9.53 Å². The number of likely N-dealkylation sites (N-methyl/N-ethyl adjacent to an activating group) is 1. The zero-order valence-corrected chi connectivity index (χ0v) is 12.9. The maximum Gasteiger partial charge on any atom is 0.227 e. The second-order valence-corrected chi connectivity index (χ2v) is 6.01. The minimum absolute atomic E-state index is 0.0786. The number of ether oxygens (including phenoxy) is 1. The minimum Gasteiger partial charge on any atom is -0.491 e. The predicted molar refractivity (Wildman–Crippen MR) is 81.4 cm³/mol. The van der Waals surface area contributed by atoms with Gasteiger partial charge in [-0.2, -0.15) is 0 Å². The predicted octanol–water partition coefficient (Wildman–Crippen LogP) is 2.87. The second-order valence-electron chi connectivity index (χ2n) is 5.61. The Morgan fingerprint density at radius 1 is 1.50 bits per heavy atom. The minimum atomic E-state index is 0.0786. The Hall–Kier alpha value is -1.26. The molecule has 4 nitrogen and oxygen atoms in total. The molecule has 1 aliphatic rings. The lowest BCUT2D eigenvalue weighted by molar-refractivity contribution is -0.117. The number of hydrogen-bond donors (Lipinski definition) is 1. The normalized spacial score (nSPS) is 20.9. The molecule has 1 N–H and O–H groups in total. The Morgan fingerprint density at radius 3 is 2.75 bits per heavy atom. The van der Waals surface area contributed by atoms with Crippen LogP contribution in [-0.4, -0.2) is 38.1 Å². The molecule has 20 heavy (non-hydrogen) atoms. The van der Waals surface area contributed by atoms with Gasteiger partial charge in [-0.15, -0.1) is 0 Å². The number of carbonyl (C=O) groups excluding carboxylic acids is 1. The van der Waals surface area contributed by atoms with Crippen LogP contribution in [0.1, 0.15) is 13.3 Å². The quantitative estimate of drug-likeness (QED) is 0.877. The Kier molecular flexibility index (Phi) is 4.89.